The average Bonchev–Trinajstić information content (AvgIpc) is 2.37. The molecule has 1 nitrogen and oxygen atoms in total. The molecule has 0 aromatic rings. The van der Waals surface area contributed by atoms with Gasteiger partial charge in [0.2, 0.25) is 0 Å². The van der Waals surface area contributed by atoms with E-state index in [0.717, 1.165) is 11.3 Å². The van der Waals surface area contributed by atoms with Crippen molar-refractivity contribution in [3.8, 4) is 0 Å². The second kappa shape index (κ2) is 8.60. The Hall–Kier alpha value is -0.460. The molecule has 1 rings (SSSR count). The lowest BCUT2D eigenvalue weighted by molar-refractivity contribution is 0.407. The third-order valence-corrected chi connectivity index (χ3v) is 4.09. The van der Waals surface area contributed by atoms with E-state index in [0.29, 0.717) is 5.92 Å². The van der Waals surface area contributed by atoms with Crippen molar-refractivity contribution in [1.29, 1.82) is 0 Å². The molecule has 0 atom stereocenters. The summed E-state index contributed by atoms with van der Waals surface area (Å²) < 4.78 is 0. The molecule has 0 bridgehead atoms. The van der Waals surface area contributed by atoms with E-state index < -0.39 is 0 Å². The largest absolute Gasteiger partial charge is 0.233 e. The smallest absolute Gasteiger partial charge is 0.124 e. The van der Waals surface area contributed by atoms with Gasteiger partial charge in [-0.15, -0.1) is 12.6 Å². The lowest BCUT2D eigenvalue weighted by Gasteiger charge is -2.23. The fraction of sp³-hybridized carbons (Fsp3) is 0.733. The minimum absolute atomic E-state index is 0.555. The summed E-state index contributed by atoms with van der Waals surface area (Å²) in [5, 5.41) is 0. The van der Waals surface area contributed by atoms with Crippen LogP contribution in [0.5, 0.6) is 0 Å². The molecule has 1 saturated carbocycles. The molecule has 96 valence electrons. The van der Waals surface area contributed by atoms with Crippen LogP contribution < -0.4 is 0 Å². The van der Waals surface area contributed by atoms with E-state index in [1.165, 1.54) is 56.9 Å². The van der Waals surface area contributed by atoms with Crippen molar-refractivity contribution in [3.63, 3.8) is 0 Å². The van der Waals surface area contributed by atoms with Gasteiger partial charge in [-0.2, -0.15) is 0 Å². The first-order chi connectivity index (χ1) is 8.29. The fourth-order valence-electron chi connectivity index (χ4n) is 2.60. The Labute approximate surface area is 111 Å². The third kappa shape index (κ3) is 5.14. The van der Waals surface area contributed by atoms with E-state index in [2.05, 4.69) is 19.6 Å². The van der Waals surface area contributed by atoms with Crippen LogP contribution in [-0.2, 0) is 4.79 Å². The molecule has 0 saturated heterocycles. The summed E-state index contributed by atoms with van der Waals surface area (Å²) in [6, 6.07) is 0. The van der Waals surface area contributed by atoms with Gasteiger partial charge in [0.15, 0.2) is 0 Å². The molecule has 0 unspecified atom stereocenters. The van der Waals surface area contributed by atoms with E-state index in [1.807, 2.05) is 5.94 Å². The molecular weight excluding hydrogens is 228 g/mol. The predicted octanol–water partition coefficient (Wildman–Crippen LogP) is 4.72. The van der Waals surface area contributed by atoms with Crippen LogP contribution in [0.1, 0.15) is 64.7 Å². The van der Waals surface area contributed by atoms with Crippen molar-refractivity contribution >= 4 is 18.6 Å². The molecular formula is C15H24OS. The Balaban J connectivity index is 2.67. The number of allylic oxidation sites excluding steroid dienone is 3. The minimum atomic E-state index is 0.555. The fourth-order valence-corrected chi connectivity index (χ4v) is 3.01. The first-order valence-electron chi connectivity index (χ1n) is 6.92. The molecule has 1 fully saturated rings. The maximum Gasteiger partial charge on any atom is 0.124 e. The first-order valence-corrected chi connectivity index (χ1v) is 7.37. The summed E-state index contributed by atoms with van der Waals surface area (Å²) in [6.07, 6.45) is 12.6. The van der Waals surface area contributed by atoms with Crippen LogP contribution in [-0.4, -0.2) is 5.94 Å². The summed E-state index contributed by atoms with van der Waals surface area (Å²) in [5.74, 6) is 2.51. The Morgan fingerprint density at radius 1 is 1.29 bits per heavy atom. The Morgan fingerprint density at radius 2 is 2.00 bits per heavy atom. The van der Waals surface area contributed by atoms with Gasteiger partial charge in [0, 0.05) is 6.08 Å². The number of unbranched alkanes of at least 4 members (excludes halogenated alkanes) is 2. The van der Waals surface area contributed by atoms with Gasteiger partial charge in [-0.1, -0.05) is 39.0 Å². The van der Waals surface area contributed by atoms with E-state index in [-0.39, 0.29) is 0 Å². The lowest BCUT2D eigenvalue weighted by atomic mass is 9.83. The maximum atomic E-state index is 10.6. The lowest BCUT2D eigenvalue weighted by Crippen LogP contribution is -2.09. The summed E-state index contributed by atoms with van der Waals surface area (Å²) in [6.45, 7) is 2.20. The van der Waals surface area contributed by atoms with E-state index in [1.54, 1.807) is 6.08 Å². The minimum Gasteiger partial charge on any atom is -0.233 e. The zero-order chi connectivity index (χ0) is 12.5. The van der Waals surface area contributed by atoms with Crippen LogP contribution in [0.2, 0.25) is 0 Å². The van der Waals surface area contributed by atoms with Crippen LogP contribution in [0.4, 0.5) is 0 Å². The second-order valence-corrected chi connectivity index (χ2v) is 5.50. The van der Waals surface area contributed by atoms with E-state index in [9.17, 15) is 4.79 Å². The van der Waals surface area contributed by atoms with E-state index >= 15 is 0 Å². The normalized spacial score (nSPS) is 18.5. The van der Waals surface area contributed by atoms with Crippen LogP contribution in [0.25, 0.3) is 0 Å². The zero-order valence-corrected chi connectivity index (χ0v) is 11.8. The summed E-state index contributed by atoms with van der Waals surface area (Å²) in [7, 11) is 0. The number of hydrogen-bond donors (Lipinski definition) is 1. The highest BCUT2D eigenvalue weighted by Gasteiger charge is 2.18. The molecule has 0 radical (unpaired) electrons. The molecule has 0 heterocycles. The van der Waals surface area contributed by atoms with E-state index in [4.69, 9.17) is 0 Å². The quantitative estimate of drug-likeness (QED) is 0.313. The van der Waals surface area contributed by atoms with Crippen molar-refractivity contribution in [2.45, 2.75) is 64.7 Å². The second-order valence-electron chi connectivity index (χ2n) is 4.96. The van der Waals surface area contributed by atoms with Crippen LogP contribution in [0, 0.1) is 5.92 Å². The molecule has 1 aliphatic carbocycles. The van der Waals surface area contributed by atoms with Crippen LogP contribution in [0.3, 0.4) is 0 Å². The molecule has 17 heavy (non-hydrogen) atoms. The van der Waals surface area contributed by atoms with Crippen molar-refractivity contribution < 1.29 is 4.79 Å². The number of carbonyl (C=O) groups excluding carboxylic acids is 1. The van der Waals surface area contributed by atoms with Gasteiger partial charge in [-0.3, -0.25) is 0 Å². The third-order valence-electron chi connectivity index (χ3n) is 3.61. The monoisotopic (exact) mass is 252 g/mol. The summed E-state index contributed by atoms with van der Waals surface area (Å²) in [4.78, 5) is 11.8. The molecule has 0 spiro atoms. The van der Waals surface area contributed by atoms with Gasteiger partial charge in [-0.05, 0) is 42.1 Å². The van der Waals surface area contributed by atoms with Gasteiger partial charge in [0.1, 0.15) is 5.94 Å². The van der Waals surface area contributed by atoms with Crippen molar-refractivity contribution in [1.82, 2.24) is 0 Å². The van der Waals surface area contributed by atoms with Gasteiger partial charge in [0.25, 0.3) is 0 Å². The van der Waals surface area contributed by atoms with Crippen LogP contribution in [0.15, 0.2) is 16.6 Å². The molecule has 0 amide bonds. The summed E-state index contributed by atoms with van der Waals surface area (Å²) >= 11 is 4.61. The first kappa shape index (κ1) is 14.6. The Morgan fingerprint density at radius 3 is 2.59 bits per heavy atom. The van der Waals surface area contributed by atoms with Gasteiger partial charge in [-0.25, -0.2) is 4.79 Å². The van der Waals surface area contributed by atoms with Gasteiger partial charge < -0.3 is 0 Å². The molecule has 2 heteroatoms. The van der Waals surface area contributed by atoms with Gasteiger partial charge >= 0.3 is 0 Å². The van der Waals surface area contributed by atoms with Crippen molar-refractivity contribution in [3.05, 3.63) is 16.6 Å². The number of rotatable bonds is 6. The number of hydrogen-bond acceptors (Lipinski definition) is 2. The summed E-state index contributed by atoms with van der Waals surface area (Å²) in [5.41, 5.74) is 1.17. The molecule has 0 aliphatic heterocycles. The Kier molecular flexibility index (Phi) is 7.39. The van der Waals surface area contributed by atoms with Crippen LogP contribution >= 0.6 is 12.6 Å². The molecule has 0 aromatic heterocycles. The molecule has 0 N–H and O–H groups in total. The van der Waals surface area contributed by atoms with Crippen molar-refractivity contribution in [2.75, 3.05) is 0 Å². The zero-order valence-electron chi connectivity index (χ0n) is 10.9. The highest BCUT2D eigenvalue weighted by molar-refractivity contribution is 7.84. The van der Waals surface area contributed by atoms with Gasteiger partial charge in [0.05, 0.1) is 0 Å². The number of thiol groups is 1. The highest BCUT2D eigenvalue weighted by Crippen LogP contribution is 2.34. The Bertz CT molecular complexity index is 294. The molecule has 0 aromatic carbocycles. The standard InChI is InChI=1S/C15H24OS/c1-2-3-5-10-15(17)14(11-12-16)13-8-6-4-7-9-13/h11,13,17H,2-10H2,1H3/b15-14+. The SMILES string of the molecule is CCCCC/C(S)=C(/C=C=O)C1CCCCC1. The highest BCUT2D eigenvalue weighted by atomic mass is 32.1. The topological polar surface area (TPSA) is 17.1 Å². The molecule has 1 aliphatic rings. The maximum absolute atomic E-state index is 10.6. The van der Waals surface area contributed by atoms with Crippen molar-refractivity contribution in [2.24, 2.45) is 5.92 Å². The average molecular weight is 252 g/mol. The predicted molar refractivity (Wildman–Crippen MR) is 77.0 cm³/mol.